The third-order valence-corrected chi connectivity index (χ3v) is 7.04. The SMILES string of the molecule is CCN(CC)S(=O)(=O)c1ccc(OC)c(NC(=O)Cc2ccc(-n3cccc3)cc2)c1. The molecule has 0 radical (unpaired) electrons. The molecule has 0 unspecified atom stereocenters. The van der Waals surface area contributed by atoms with Gasteiger partial charge in [-0.15, -0.1) is 0 Å². The number of nitrogens with zero attached hydrogens (tertiary/aromatic N) is 2. The second kappa shape index (κ2) is 9.80. The summed E-state index contributed by atoms with van der Waals surface area (Å²) < 4.78 is 34.3. The summed E-state index contributed by atoms with van der Waals surface area (Å²) in [5.41, 5.74) is 2.18. The van der Waals surface area contributed by atoms with Crippen molar-refractivity contribution in [1.29, 1.82) is 0 Å². The molecule has 7 nitrogen and oxygen atoms in total. The minimum absolute atomic E-state index is 0.114. The number of ether oxygens (including phenoxy) is 1. The fourth-order valence-electron chi connectivity index (χ4n) is 3.33. The molecule has 0 atom stereocenters. The first-order valence-corrected chi connectivity index (χ1v) is 11.5. The molecule has 0 aliphatic rings. The second-order valence-corrected chi connectivity index (χ2v) is 8.87. The molecule has 1 amide bonds. The zero-order valence-electron chi connectivity index (χ0n) is 17.9. The zero-order chi connectivity index (χ0) is 22.4. The monoisotopic (exact) mass is 441 g/mol. The smallest absolute Gasteiger partial charge is 0.243 e. The standard InChI is InChI=1S/C23H27N3O4S/c1-4-26(5-2)31(28,29)20-12-13-22(30-3)21(17-20)24-23(27)16-18-8-10-19(11-9-18)25-14-6-7-15-25/h6-15,17H,4-5,16H2,1-3H3,(H,24,27). The Balaban J connectivity index is 1.77. The Labute approximate surface area is 183 Å². The van der Waals surface area contributed by atoms with Gasteiger partial charge >= 0.3 is 0 Å². The van der Waals surface area contributed by atoms with E-state index >= 15 is 0 Å². The van der Waals surface area contributed by atoms with Gasteiger partial charge in [0.05, 0.1) is 24.1 Å². The third-order valence-electron chi connectivity index (χ3n) is 4.99. The van der Waals surface area contributed by atoms with E-state index in [2.05, 4.69) is 5.32 Å². The van der Waals surface area contributed by atoms with Crippen LogP contribution in [0.15, 0.2) is 71.9 Å². The van der Waals surface area contributed by atoms with Crippen LogP contribution in [0.3, 0.4) is 0 Å². The molecule has 1 aromatic heterocycles. The zero-order valence-corrected chi connectivity index (χ0v) is 18.7. The Morgan fingerprint density at radius 2 is 1.68 bits per heavy atom. The van der Waals surface area contributed by atoms with Gasteiger partial charge in [0.1, 0.15) is 5.75 Å². The van der Waals surface area contributed by atoms with E-state index in [9.17, 15) is 13.2 Å². The first-order valence-electron chi connectivity index (χ1n) is 10.1. The lowest BCUT2D eigenvalue weighted by Crippen LogP contribution is -2.30. The highest BCUT2D eigenvalue weighted by atomic mass is 32.2. The molecular weight excluding hydrogens is 414 g/mol. The van der Waals surface area contributed by atoms with Crippen LogP contribution in [-0.4, -0.2) is 43.4 Å². The third kappa shape index (κ3) is 5.15. The number of benzene rings is 2. The molecule has 0 saturated heterocycles. The van der Waals surface area contributed by atoms with Gasteiger partial charge in [-0.1, -0.05) is 26.0 Å². The van der Waals surface area contributed by atoms with Gasteiger partial charge in [0, 0.05) is 31.2 Å². The number of amides is 1. The van der Waals surface area contributed by atoms with Gasteiger partial charge in [0.25, 0.3) is 0 Å². The van der Waals surface area contributed by atoms with E-state index in [0.29, 0.717) is 24.5 Å². The fourth-order valence-corrected chi connectivity index (χ4v) is 4.81. The van der Waals surface area contributed by atoms with Crippen molar-refractivity contribution >= 4 is 21.6 Å². The van der Waals surface area contributed by atoms with Crippen molar-refractivity contribution in [2.24, 2.45) is 0 Å². The normalized spacial score (nSPS) is 11.5. The van der Waals surface area contributed by atoms with E-state index in [1.54, 1.807) is 19.9 Å². The van der Waals surface area contributed by atoms with Crippen LogP contribution in [0.1, 0.15) is 19.4 Å². The highest BCUT2D eigenvalue weighted by Crippen LogP contribution is 2.29. The lowest BCUT2D eigenvalue weighted by atomic mass is 10.1. The van der Waals surface area contributed by atoms with Crippen LogP contribution < -0.4 is 10.1 Å². The number of anilines is 1. The van der Waals surface area contributed by atoms with Crippen LogP contribution in [0, 0.1) is 0 Å². The summed E-state index contributed by atoms with van der Waals surface area (Å²) in [6.07, 6.45) is 4.06. The second-order valence-electron chi connectivity index (χ2n) is 6.93. The van der Waals surface area contributed by atoms with Crippen molar-refractivity contribution < 1.29 is 17.9 Å². The van der Waals surface area contributed by atoms with Crippen molar-refractivity contribution in [2.45, 2.75) is 25.2 Å². The molecule has 3 rings (SSSR count). The Morgan fingerprint density at radius 1 is 1.03 bits per heavy atom. The van der Waals surface area contributed by atoms with Crippen LogP contribution in [0.2, 0.25) is 0 Å². The Hall–Kier alpha value is -3.10. The predicted octanol–water partition coefficient (Wildman–Crippen LogP) is 3.70. The number of methoxy groups -OCH3 is 1. The molecule has 1 heterocycles. The molecule has 0 saturated carbocycles. The van der Waals surface area contributed by atoms with Crippen LogP contribution in [0.5, 0.6) is 5.75 Å². The summed E-state index contributed by atoms with van der Waals surface area (Å²) in [6.45, 7) is 4.31. The number of sulfonamides is 1. The van der Waals surface area contributed by atoms with E-state index in [4.69, 9.17) is 4.74 Å². The van der Waals surface area contributed by atoms with Gasteiger partial charge in [-0.25, -0.2) is 8.42 Å². The number of nitrogens with one attached hydrogen (secondary N) is 1. The average Bonchev–Trinajstić information content (AvgIpc) is 3.30. The first kappa shape index (κ1) is 22.6. The summed E-state index contributed by atoms with van der Waals surface area (Å²) in [6, 6.07) is 16.1. The van der Waals surface area contributed by atoms with E-state index < -0.39 is 10.0 Å². The Kier molecular flexibility index (Phi) is 7.14. The molecule has 164 valence electrons. The lowest BCUT2D eigenvalue weighted by Gasteiger charge is -2.19. The van der Waals surface area contributed by atoms with E-state index in [0.717, 1.165) is 11.3 Å². The number of hydrogen-bond donors (Lipinski definition) is 1. The highest BCUT2D eigenvalue weighted by Gasteiger charge is 2.23. The maximum Gasteiger partial charge on any atom is 0.243 e. The maximum absolute atomic E-state index is 12.8. The van der Waals surface area contributed by atoms with E-state index in [1.165, 1.54) is 23.5 Å². The van der Waals surface area contributed by atoms with Crippen LogP contribution >= 0.6 is 0 Å². The van der Waals surface area contributed by atoms with Crippen LogP contribution in [-0.2, 0) is 21.2 Å². The summed E-state index contributed by atoms with van der Waals surface area (Å²) in [5, 5.41) is 2.79. The fraction of sp³-hybridized carbons (Fsp3) is 0.261. The molecule has 0 bridgehead atoms. The number of carbonyl (C=O) groups is 1. The van der Waals surface area contributed by atoms with Gasteiger partial charge in [-0.3, -0.25) is 4.79 Å². The van der Waals surface area contributed by atoms with Crippen LogP contribution in [0.4, 0.5) is 5.69 Å². The van der Waals surface area contributed by atoms with Crippen LogP contribution in [0.25, 0.3) is 5.69 Å². The van der Waals surface area contributed by atoms with Gasteiger partial charge in [-0.2, -0.15) is 4.31 Å². The van der Waals surface area contributed by atoms with Gasteiger partial charge in [0.15, 0.2) is 0 Å². The number of rotatable bonds is 9. The molecule has 0 fully saturated rings. The molecule has 1 N–H and O–H groups in total. The molecule has 0 aliphatic carbocycles. The van der Waals surface area contributed by atoms with Crippen molar-refractivity contribution in [3.05, 3.63) is 72.6 Å². The summed E-state index contributed by atoms with van der Waals surface area (Å²) in [5.74, 6) is 0.138. The van der Waals surface area contributed by atoms with Gasteiger partial charge in [0.2, 0.25) is 15.9 Å². The molecule has 3 aromatic rings. The first-order chi connectivity index (χ1) is 14.9. The van der Waals surface area contributed by atoms with E-state index in [-0.39, 0.29) is 17.2 Å². The van der Waals surface area contributed by atoms with Crippen molar-refractivity contribution in [1.82, 2.24) is 8.87 Å². The number of carbonyl (C=O) groups excluding carboxylic acids is 1. The molecule has 2 aromatic carbocycles. The Bertz CT molecular complexity index is 1120. The van der Waals surface area contributed by atoms with Gasteiger partial charge < -0.3 is 14.6 Å². The predicted molar refractivity (Wildman–Crippen MR) is 121 cm³/mol. The lowest BCUT2D eigenvalue weighted by molar-refractivity contribution is -0.115. The number of aromatic nitrogens is 1. The Morgan fingerprint density at radius 3 is 2.26 bits per heavy atom. The summed E-state index contributed by atoms with van der Waals surface area (Å²) in [4.78, 5) is 12.8. The van der Waals surface area contributed by atoms with Gasteiger partial charge in [-0.05, 0) is 48.0 Å². The molecular formula is C23H27N3O4S. The average molecular weight is 442 g/mol. The molecule has 8 heteroatoms. The molecule has 0 spiro atoms. The largest absolute Gasteiger partial charge is 0.495 e. The summed E-state index contributed by atoms with van der Waals surface area (Å²) in [7, 11) is -2.17. The maximum atomic E-state index is 12.8. The minimum Gasteiger partial charge on any atom is -0.495 e. The highest BCUT2D eigenvalue weighted by molar-refractivity contribution is 7.89. The molecule has 0 aliphatic heterocycles. The van der Waals surface area contributed by atoms with Crippen molar-refractivity contribution in [3.63, 3.8) is 0 Å². The topological polar surface area (TPSA) is 80.6 Å². The van der Waals surface area contributed by atoms with Crippen molar-refractivity contribution in [2.75, 3.05) is 25.5 Å². The quantitative estimate of drug-likeness (QED) is 0.549. The minimum atomic E-state index is -3.65. The molecule has 31 heavy (non-hydrogen) atoms. The summed E-state index contributed by atoms with van der Waals surface area (Å²) >= 11 is 0. The van der Waals surface area contributed by atoms with E-state index in [1.807, 2.05) is 53.4 Å². The van der Waals surface area contributed by atoms with Crippen molar-refractivity contribution in [3.8, 4) is 11.4 Å². The number of hydrogen-bond acceptors (Lipinski definition) is 4.